The van der Waals surface area contributed by atoms with E-state index < -0.39 is 0 Å². The summed E-state index contributed by atoms with van der Waals surface area (Å²) in [5, 5.41) is 3.53. The van der Waals surface area contributed by atoms with Crippen molar-refractivity contribution >= 4 is 0 Å². The molecule has 11 heavy (non-hydrogen) atoms. The third-order valence-electron chi connectivity index (χ3n) is 1.64. The molecule has 1 aromatic rings. The van der Waals surface area contributed by atoms with E-state index in [1.165, 1.54) is 6.33 Å². The Morgan fingerprint density at radius 1 is 1.73 bits per heavy atom. The van der Waals surface area contributed by atoms with Crippen LogP contribution < -0.4 is 5.73 Å². The van der Waals surface area contributed by atoms with Crippen molar-refractivity contribution in [2.45, 2.75) is 25.7 Å². The Hall–Kier alpha value is -0.900. The molecule has 0 saturated carbocycles. The summed E-state index contributed by atoms with van der Waals surface area (Å²) in [5.41, 5.74) is 5.36. The minimum Gasteiger partial charge on any atom is -0.339 e. The van der Waals surface area contributed by atoms with E-state index in [1.807, 2.05) is 0 Å². The van der Waals surface area contributed by atoms with Crippen LogP contribution in [0.2, 0.25) is 0 Å². The zero-order chi connectivity index (χ0) is 8.10. The number of nitrogens with zero attached hydrogens (tertiary/aromatic N) is 2. The normalized spacial score (nSPS) is 13.3. The molecule has 0 radical (unpaired) electrons. The van der Waals surface area contributed by atoms with Gasteiger partial charge in [0.15, 0.2) is 6.33 Å². The molecule has 0 aliphatic carbocycles. The maximum Gasteiger partial charge on any atom is 0.229 e. The smallest absolute Gasteiger partial charge is 0.229 e. The Morgan fingerprint density at radius 2 is 2.55 bits per heavy atom. The highest BCUT2D eigenvalue weighted by atomic mass is 16.5. The van der Waals surface area contributed by atoms with Crippen molar-refractivity contribution in [3.05, 3.63) is 12.2 Å². The van der Waals surface area contributed by atoms with E-state index in [4.69, 9.17) is 10.3 Å². The van der Waals surface area contributed by atoms with Crippen molar-refractivity contribution in [1.29, 1.82) is 0 Å². The lowest BCUT2D eigenvalue weighted by Gasteiger charge is -2.02. The molecule has 62 valence electrons. The summed E-state index contributed by atoms with van der Waals surface area (Å²) in [7, 11) is 0. The van der Waals surface area contributed by atoms with E-state index in [2.05, 4.69) is 17.1 Å². The molecule has 0 amide bonds. The molecule has 2 N–H and O–H groups in total. The largest absolute Gasteiger partial charge is 0.339 e. The van der Waals surface area contributed by atoms with Crippen LogP contribution in [0.3, 0.4) is 0 Å². The number of nitrogens with two attached hydrogens (primary N) is 1. The molecule has 0 fully saturated rings. The van der Waals surface area contributed by atoms with E-state index in [0.717, 1.165) is 19.4 Å². The van der Waals surface area contributed by atoms with Gasteiger partial charge in [0.1, 0.15) is 0 Å². The molecule has 1 aromatic heterocycles. The molecule has 1 heterocycles. The Labute approximate surface area is 65.8 Å². The second-order valence-electron chi connectivity index (χ2n) is 2.61. The van der Waals surface area contributed by atoms with Crippen LogP contribution >= 0.6 is 0 Å². The molecule has 0 bridgehead atoms. The number of aromatic nitrogens is 2. The maximum atomic E-state index is 5.36. The van der Waals surface area contributed by atoms with E-state index >= 15 is 0 Å². The Bertz CT molecular complexity index is 186. The van der Waals surface area contributed by atoms with Crippen molar-refractivity contribution in [3.63, 3.8) is 0 Å². The third-order valence-corrected chi connectivity index (χ3v) is 1.64. The minimum absolute atomic E-state index is 0.334. The zero-order valence-electron chi connectivity index (χ0n) is 6.66. The Morgan fingerprint density at radius 3 is 3.09 bits per heavy atom. The van der Waals surface area contributed by atoms with Crippen LogP contribution in [0.5, 0.6) is 0 Å². The molecule has 1 rings (SSSR count). The van der Waals surface area contributed by atoms with Crippen LogP contribution in [0.4, 0.5) is 0 Å². The zero-order valence-corrected chi connectivity index (χ0v) is 6.66. The van der Waals surface area contributed by atoms with Gasteiger partial charge in [-0.1, -0.05) is 12.1 Å². The van der Waals surface area contributed by atoms with Crippen molar-refractivity contribution in [2.24, 2.45) is 5.73 Å². The topological polar surface area (TPSA) is 64.9 Å². The Kier molecular flexibility index (Phi) is 3.04. The fourth-order valence-corrected chi connectivity index (χ4v) is 0.946. The van der Waals surface area contributed by atoms with Gasteiger partial charge < -0.3 is 10.3 Å². The van der Waals surface area contributed by atoms with E-state index in [9.17, 15) is 0 Å². The van der Waals surface area contributed by atoms with Crippen LogP contribution in [0, 0.1) is 0 Å². The summed E-state index contributed by atoms with van der Waals surface area (Å²) in [6, 6.07) is 0. The van der Waals surface area contributed by atoms with Crippen molar-refractivity contribution in [3.8, 4) is 0 Å². The fourth-order valence-electron chi connectivity index (χ4n) is 0.946. The quantitative estimate of drug-likeness (QED) is 0.702. The van der Waals surface area contributed by atoms with Crippen LogP contribution in [0.1, 0.15) is 31.6 Å². The van der Waals surface area contributed by atoms with Gasteiger partial charge in [0.05, 0.1) is 0 Å². The first-order chi connectivity index (χ1) is 5.34. The summed E-state index contributed by atoms with van der Waals surface area (Å²) in [6.07, 6.45) is 3.44. The first-order valence-electron chi connectivity index (χ1n) is 3.81. The lowest BCUT2D eigenvalue weighted by molar-refractivity contribution is 0.351. The van der Waals surface area contributed by atoms with Gasteiger partial charge in [-0.3, -0.25) is 0 Å². The van der Waals surface area contributed by atoms with Crippen molar-refractivity contribution < 1.29 is 4.52 Å². The second kappa shape index (κ2) is 4.08. The van der Waals surface area contributed by atoms with E-state index in [1.54, 1.807) is 0 Å². The molecule has 4 heteroatoms. The molecule has 1 atom stereocenters. The summed E-state index contributed by atoms with van der Waals surface area (Å²) in [4.78, 5) is 3.95. The number of hydrogen-bond donors (Lipinski definition) is 1. The first kappa shape index (κ1) is 8.20. The van der Waals surface area contributed by atoms with Crippen molar-refractivity contribution in [1.82, 2.24) is 10.1 Å². The number of hydrogen-bond acceptors (Lipinski definition) is 4. The van der Waals surface area contributed by atoms with Gasteiger partial charge in [-0.2, -0.15) is 4.98 Å². The maximum absolute atomic E-state index is 5.36. The van der Waals surface area contributed by atoms with Gasteiger partial charge >= 0.3 is 0 Å². The fraction of sp³-hybridized carbons (Fsp3) is 0.714. The molecule has 0 spiro atoms. The molecule has 4 nitrogen and oxygen atoms in total. The highest BCUT2D eigenvalue weighted by molar-refractivity contribution is 4.85. The molecule has 0 saturated heterocycles. The standard InChI is InChI=1S/C7H13N3O/c1-6(3-2-4-8)7-9-5-10-11-7/h5-6H,2-4,8H2,1H3. The van der Waals surface area contributed by atoms with Gasteiger partial charge in [0.25, 0.3) is 0 Å². The highest BCUT2D eigenvalue weighted by Crippen LogP contribution is 2.16. The van der Waals surface area contributed by atoms with Gasteiger partial charge in [0, 0.05) is 5.92 Å². The molecular weight excluding hydrogens is 142 g/mol. The van der Waals surface area contributed by atoms with Crippen LogP contribution in [-0.4, -0.2) is 16.7 Å². The predicted octanol–water partition coefficient (Wildman–Crippen LogP) is 0.912. The van der Waals surface area contributed by atoms with Gasteiger partial charge in [0.2, 0.25) is 5.89 Å². The summed E-state index contributed by atoms with van der Waals surface area (Å²) in [5.74, 6) is 1.04. The average molecular weight is 155 g/mol. The molecular formula is C7H13N3O. The van der Waals surface area contributed by atoms with Crippen molar-refractivity contribution in [2.75, 3.05) is 6.54 Å². The van der Waals surface area contributed by atoms with Crippen LogP contribution in [-0.2, 0) is 0 Å². The molecule has 1 unspecified atom stereocenters. The minimum atomic E-state index is 0.334. The summed E-state index contributed by atoms with van der Waals surface area (Å²) >= 11 is 0. The molecule has 0 aliphatic rings. The summed E-state index contributed by atoms with van der Waals surface area (Å²) in [6.45, 7) is 2.78. The highest BCUT2D eigenvalue weighted by Gasteiger charge is 2.09. The SMILES string of the molecule is CC(CCCN)c1ncno1. The lowest BCUT2D eigenvalue weighted by Crippen LogP contribution is -2.01. The monoisotopic (exact) mass is 155 g/mol. The summed E-state index contributed by atoms with van der Waals surface area (Å²) < 4.78 is 4.89. The third kappa shape index (κ3) is 2.31. The van der Waals surface area contributed by atoms with E-state index in [-0.39, 0.29) is 0 Å². The van der Waals surface area contributed by atoms with Gasteiger partial charge in [-0.25, -0.2) is 0 Å². The first-order valence-corrected chi connectivity index (χ1v) is 3.81. The van der Waals surface area contributed by atoms with Gasteiger partial charge in [-0.05, 0) is 19.4 Å². The van der Waals surface area contributed by atoms with Crippen LogP contribution in [0.15, 0.2) is 10.9 Å². The second-order valence-corrected chi connectivity index (χ2v) is 2.61. The van der Waals surface area contributed by atoms with E-state index in [0.29, 0.717) is 11.8 Å². The van der Waals surface area contributed by atoms with Gasteiger partial charge in [-0.15, -0.1) is 0 Å². The Balaban J connectivity index is 2.36. The predicted molar refractivity (Wildman–Crippen MR) is 41.0 cm³/mol. The lowest BCUT2D eigenvalue weighted by atomic mass is 10.1. The molecule has 0 aromatic carbocycles. The molecule has 0 aliphatic heterocycles. The number of rotatable bonds is 4. The van der Waals surface area contributed by atoms with Crippen LogP contribution in [0.25, 0.3) is 0 Å². The average Bonchev–Trinajstić information content (AvgIpc) is 2.52.